The lowest BCUT2D eigenvalue weighted by atomic mass is 9.95. The van der Waals surface area contributed by atoms with Crippen LogP contribution in [0.1, 0.15) is 45.2 Å². The van der Waals surface area contributed by atoms with E-state index in [0.717, 1.165) is 12.0 Å². The van der Waals surface area contributed by atoms with Crippen molar-refractivity contribution in [1.82, 2.24) is 5.32 Å². The minimum atomic E-state index is -0.818. The Hall–Kier alpha value is -0.770. The molecule has 0 bridgehead atoms. The maximum absolute atomic E-state index is 12.1. The third-order valence-electron chi connectivity index (χ3n) is 2.98. The largest absolute Gasteiger partial charge is 0.348 e. The lowest BCUT2D eigenvalue weighted by Crippen LogP contribution is -2.52. The first-order valence-corrected chi connectivity index (χ1v) is 6.60. The number of hydrogen-bond acceptors (Lipinski definition) is 2. The average Bonchev–Trinajstić information content (AvgIpc) is 2.28. The molecule has 2 atom stereocenters. The van der Waals surface area contributed by atoms with Crippen molar-refractivity contribution in [2.75, 3.05) is 0 Å². The van der Waals surface area contributed by atoms with Gasteiger partial charge in [0.1, 0.15) is 0 Å². The van der Waals surface area contributed by atoms with Crippen molar-refractivity contribution < 1.29 is 4.79 Å². The highest BCUT2D eigenvalue weighted by Crippen LogP contribution is 2.18. The smallest absolute Gasteiger partial charge is 0.240 e. The van der Waals surface area contributed by atoms with E-state index in [9.17, 15) is 4.79 Å². The molecule has 1 unspecified atom stereocenters. The maximum Gasteiger partial charge on any atom is 0.240 e. The lowest BCUT2D eigenvalue weighted by Gasteiger charge is -2.25. The fourth-order valence-electron chi connectivity index (χ4n) is 1.85. The summed E-state index contributed by atoms with van der Waals surface area (Å²) in [5.41, 5.74) is 6.15. The Morgan fingerprint density at radius 3 is 2.68 bits per heavy atom. The third-order valence-corrected chi connectivity index (χ3v) is 3.22. The molecular weight excluding hydrogens is 283 g/mol. The zero-order chi connectivity index (χ0) is 13.8. The SMILES string of the molecule is CCCC(C)(N)C(=O)N[C@H](C)c1cccc(Cl)c1.Cl. The number of carbonyl (C=O) groups is 1. The predicted molar refractivity (Wildman–Crippen MR) is 82.8 cm³/mol. The topological polar surface area (TPSA) is 55.1 Å². The molecule has 0 radical (unpaired) electrons. The van der Waals surface area contributed by atoms with Crippen LogP contribution in [0.25, 0.3) is 0 Å². The van der Waals surface area contributed by atoms with Crippen LogP contribution in [0.5, 0.6) is 0 Å². The molecule has 3 nitrogen and oxygen atoms in total. The first-order chi connectivity index (χ1) is 8.36. The average molecular weight is 305 g/mol. The first-order valence-electron chi connectivity index (χ1n) is 6.22. The molecule has 0 saturated heterocycles. The summed E-state index contributed by atoms with van der Waals surface area (Å²) in [5, 5.41) is 3.59. The van der Waals surface area contributed by atoms with E-state index in [1.807, 2.05) is 38.1 Å². The van der Waals surface area contributed by atoms with Gasteiger partial charge in [-0.05, 0) is 38.0 Å². The van der Waals surface area contributed by atoms with E-state index in [1.54, 1.807) is 6.92 Å². The highest BCUT2D eigenvalue weighted by atomic mass is 35.5. The first kappa shape index (κ1) is 18.2. The van der Waals surface area contributed by atoms with Crippen LogP contribution in [-0.4, -0.2) is 11.4 Å². The molecule has 5 heteroatoms. The van der Waals surface area contributed by atoms with Gasteiger partial charge in [0.2, 0.25) is 5.91 Å². The molecule has 19 heavy (non-hydrogen) atoms. The minimum absolute atomic E-state index is 0. The van der Waals surface area contributed by atoms with Crippen molar-refractivity contribution >= 4 is 29.9 Å². The van der Waals surface area contributed by atoms with Crippen LogP contribution in [0.2, 0.25) is 5.02 Å². The van der Waals surface area contributed by atoms with E-state index in [4.69, 9.17) is 17.3 Å². The van der Waals surface area contributed by atoms with Crippen molar-refractivity contribution in [3.8, 4) is 0 Å². The molecule has 1 aromatic carbocycles. The molecule has 0 aliphatic rings. The normalized spacial score (nSPS) is 15.0. The fourth-order valence-corrected chi connectivity index (χ4v) is 2.05. The molecule has 0 spiro atoms. The van der Waals surface area contributed by atoms with Gasteiger partial charge in [0.05, 0.1) is 11.6 Å². The highest BCUT2D eigenvalue weighted by Gasteiger charge is 2.28. The number of hydrogen-bond donors (Lipinski definition) is 2. The van der Waals surface area contributed by atoms with Crippen molar-refractivity contribution in [1.29, 1.82) is 0 Å². The summed E-state index contributed by atoms with van der Waals surface area (Å²) in [6.07, 6.45) is 1.55. The van der Waals surface area contributed by atoms with Gasteiger partial charge in [-0.1, -0.05) is 37.1 Å². The van der Waals surface area contributed by atoms with Gasteiger partial charge in [0, 0.05) is 5.02 Å². The zero-order valence-corrected chi connectivity index (χ0v) is 13.1. The van der Waals surface area contributed by atoms with Crippen LogP contribution < -0.4 is 11.1 Å². The van der Waals surface area contributed by atoms with Gasteiger partial charge in [-0.25, -0.2) is 0 Å². The van der Waals surface area contributed by atoms with E-state index in [1.165, 1.54) is 0 Å². The summed E-state index contributed by atoms with van der Waals surface area (Å²) >= 11 is 5.93. The van der Waals surface area contributed by atoms with Gasteiger partial charge in [0.15, 0.2) is 0 Å². The highest BCUT2D eigenvalue weighted by molar-refractivity contribution is 6.30. The lowest BCUT2D eigenvalue weighted by molar-refractivity contribution is -0.126. The Morgan fingerprint density at radius 1 is 1.53 bits per heavy atom. The number of nitrogens with two attached hydrogens (primary N) is 1. The molecule has 0 heterocycles. The Morgan fingerprint density at radius 2 is 2.16 bits per heavy atom. The molecule has 108 valence electrons. The maximum atomic E-state index is 12.1. The monoisotopic (exact) mass is 304 g/mol. The fraction of sp³-hybridized carbons (Fsp3) is 0.500. The molecule has 1 rings (SSSR count). The summed E-state index contributed by atoms with van der Waals surface area (Å²) in [7, 11) is 0. The van der Waals surface area contributed by atoms with Gasteiger partial charge in [-0.15, -0.1) is 12.4 Å². The van der Waals surface area contributed by atoms with Crippen LogP contribution in [0.4, 0.5) is 0 Å². The van der Waals surface area contributed by atoms with E-state index in [-0.39, 0.29) is 24.4 Å². The number of benzene rings is 1. The molecule has 1 amide bonds. The Balaban J connectivity index is 0.00000324. The number of halogens is 2. The van der Waals surface area contributed by atoms with Crippen molar-refractivity contribution in [3.05, 3.63) is 34.9 Å². The zero-order valence-electron chi connectivity index (χ0n) is 11.6. The van der Waals surface area contributed by atoms with Crippen LogP contribution in [0.15, 0.2) is 24.3 Å². The predicted octanol–water partition coefficient (Wildman–Crippen LogP) is 3.46. The summed E-state index contributed by atoms with van der Waals surface area (Å²) in [6.45, 7) is 5.70. The molecule has 0 aliphatic carbocycles. The number of rotatable bonds is 5. The Kier molecular flexibility index (Phi) is 7.42. The van der Waals surface area contributed by atoms with Crippen LogP contribution in [0, 0.1) is 0 Å². The van der Waals surface area contributed by atoms with Gasteiger partial charge in [0.25, 0.3) is 0 Å². The molecule has 1 aromatic rings. The van der Waals surface area contributed by atoms with Crippen LogP contribution in [0.3, 0.4) is 0 Å². The van der Waals surface area contributed by atoms with Crippen LogP contribution >= 0.6 is 24.0 Å². The van der Waals surface area contributed by atoms with Gasteiger partial charge >= 0.3 is 0 Å². The van der Waals surface area contributed by atoms with Crippen LogP contribution in [-0.2, 0) is 4.79 Å². The number of nitrogens with one attached hydrogen (secondary N) is 1. The second kappa shape index (κ2) is 7.73. The molecule has 3 N–H and O–H groups in total. The van der Waals surface area contributed by atoms with Crippen molar-refractivity contribution in [3.63, 3.8) is 0 Å². The summed E-state index contributed by atoms with van der Waals surface area (Å²) < 4.78 is 0. The van der Waals surface area contributed by atoms with Gasteiger partial charge in [-0.3, -0.25) is 4.79 Å². The van der Waals surface area contributed by atoms with Gasteiger partial charge < -0.3 is 11.1 Å². The molecule has 0 aliphatic heterocycles. The van der Waals surface area contributed by atoms with E-state index in [2.05, 4.69) is 5.32 Å². The standard InChI is InChI=1S/C14H21ClN2O.ClH/c1-4-8-14(3,16)13(18)17-10(2)11-6-5-7-12(15)9-11;/h5-7,9-10H,4,8,16H2,1-3H3,(H,17,18);1H/t10-,14?;/m1./s1. The molecule has 0 aromatic heterocycles. The Labute approximate surface area is 126 Å². The minimum Gasteiger partial charge on any atom is -0.348 e. The summed E-state index contributed by atoms with van der Waals surface area (Å²) in [4.78, 5) is 12.1. The number of amides is 1. The molecule has 0 saturated carbocycles. The second-order valence-electron chi connectivity index (χ2n) is 4.92. The summed E-state index contributed by atoms with van der Waals surface area (Å²) in [6, 6.07) is 7.36. The number of carbonyl (C=O) groups excluding carboxylic acids is 1. The second-order valence-corrected chi connectivity index (χ2v) is 5.35. The Bertz CT molecular complexity index is 422. The van der Waals surface area contributed by atoms with Crippen molar-refractivity contribution in [2.45, 2.75) is 45.2 Å². The van der Waals surface area contributed by atoms with Gasteiger partial charge in [-0.2, -0.15) is 0 Å². The quantitative estimate of drug-likeness (QED) is 0.875. The van der Waals surface area contributed by atoms with Crippen molar-refractivity contribution in [2.24, 2.45) is 5.73 Å². The van der Waals surface area contributed by atoms with E-state index in [0.29, 0.717) is 11.4 Å². The third kappa shape index (κ3) is 5.39. The molecular formula is C14H22Cl2N2O. The summed E-state index contributed by atoms with van der Waals surface area (Å²) in [5.74, 6) is -0.128. The van der Waals surface area contributed by atoms with E-state index < -0.39 is 5.54 Å². The van der Waals surface area contributed by atoms with E-state index >= 15 is 0 Å². The molecule has 0 fully saturated rings.